The molecule has 0 spiro atoms. The molecular weight excluding hydrogens is 228 g/mol. The van der Waals surface area contributed by atoms with E-state index < -0.39 is 0 Å². The Morgan fingerprint density at radius 1 is 1.33 bits per heavy atom. The Kier molecular flexibility index (Phi) is 4.81. The van der Waals surface area contributed by atoms with Crippen molar-refractivity contribution < 1.29 is 9.21 Å². The van der Waals surface area contributed by atoms with Gasteiger partial charge in [0.1, 0.15) is 11.5 Å². The third-order valence-corrected chi connectivity index (χ3v) is 3.32. The van der Waals surface area contributed by atoms with Crippen LogP contribution in [0.25, 0.3) is 0 Å². The second kappa shape index (κ2) is 6.59. The minimum absolute atomic E-state index is 0.276. The zero-order chi connectivity index (χ0) is 12.8. The van der Waals surface area contributed by atoms with Gasteiger partial charge in [0.2, 0.25) is 5.91 Å². The average Bonchev–Trinajstić information content (AvgIpc) is 2.81. The molecule has 4 heteroatoms. The molecule has 1 aromatic rings. The van der Waals surface area contributed by atoms with E-state index in [0.717, 1.165) is 44.0 Å². The molecule has 1 aliphatic heterocycles. The fourth-order valence-corrected chi connectivity index (χ4v) is 2.29. The minimum atomic E-state index is 0.276. The highest BCUT2D eigenvalue weighted by Crippen LogP contribution is 2.09. The second-order valence-corrected chi connectivity index (χ2v) is 4.88. The average molecular weight is 250 g/mol. The summed E-state index contributed by atoms with van der Waals surface area (Å²) in [5.41, 5.74) is 0. The van der Waals surface area contributed by atoms with Gasteiger partial charge >= 0.3 is 0 Å². The molecule has 1 fully saturated rings. The molecule has 0 atom stereocenters. The van der Waals surface area contributed by atoms with Crippen LogP contribution in [-0.2, 0) is 11.3 Å². The monoisotopic (exact) mass is 250 g/mol. The van der Waals surface area contributed by atoms with Crippen molar-refractivity contribution in [3.05, 3.63) is 23.7 Å². The predicted octanol–water partition coefficient (Wildman–Crippen LogP) is 2.08. The van der Waals surface area contributed by atoms with Gasteiger partial charge in [-0.1, -0.05) is 0 Å². The molecule has 1 N–H and O–H groups in total. The van der Waals surface area contributed by atoms with E-state index in [2.05, 4.69) is 5.32 Å². The first kappa shape index (κ1) is 13.1. The van der Waals surface area contributed by atoms with Crippen LogP contribution >= 0.6 is 0 Å². The number of furan rings is 1. The maximum absolute atomic E-state index is 11.9. The summed E-state index contributed by atoms with van der Waals surface area (Å²) in [6.45, 7) is 5.23. The van der Waals surface area contributed by atoms with Gasteiger partial charge in [-0.3, -0.25) is 4.79 Å². The summed E-state index contributed by atoms with van der Waals surface area (Å²) < 4.78 is 5.45. The van der Waals surface area contributed by atoms with Gasteiger partial charge in [-0.2, -0.15) is 0 Å². The third kappa shape index (κ3) is 3.88. The molecule has 1 aliphatic rings. The number of nitrogens with zero attached hydrogens (tertiary/aromatic N) is 1. The zero-order valence-corrected chi connectivity index (χ0v) is 11.1. The van der Waals surface area contributed by atoms with Gasteiger partial charge in [0.15, 0.2) is 0 Å². The van der Waals surface area contributed by atoms with E-state index >= 15 is 0 Å². The normalized spacial score (nSPS) is 15.9. The van der Waals surface area contributed by atoms with E-state index in [1.807, 2.05) is 24.0 Å². The number of carbonyl (C=O) groups excluding carboxylic acids is 1. The van der Waals surface area contributed by atoms with Crippen molar-refractivity contribution in [1.29, 1.82) is 0 Å². The molecule has 18 heavy (non-hydrogen) atoms. The molecule has 0 saturated carbocycles. The minimum Gasteiger partial charge on any atom is -0.465 e. The molecule has 1 amide bonds. The van der Waals surface area contributed by atoms with Crippen molar-refractivity contribution in [3.63, 3.8) is 0 Å². The van der Waals surface area contributed by atoms with E-state index in [1.54, 1.807) is 0 Å². The molecular formula is C14H22N2O2. The van der Waals surface area contributed by atoms with Gasteiger partial charge in [0.05, 0.1) is 6.54 Å². The van der Waals surface area contributed by atoms with Gasteiger partial charge in [0, 0.05) is 26.1 Å². The van der Waals surface area contributed by atoms with Gasteiger partial charge in [-0.25, -0.2) is 0 Å². The lowest BCUT2D eigenvalue weighted by Gasteiger charge is -2.26. The number of likely N-dealkylation sites (tertiary alicyclic amines) is 1. The molecule has 4 nitrogen and oxygen atoms in total. The van der Waals surface area contributed by atoms with Crippen molar-refractivity contribution in [1.82, 2.24) is 10.2 Å². The van der Waals surface area contributed by atoms with Crippen molar-refractivity contribution in [2.24, 2.45) is 0 Å². The van der Waals surface area contributed by atoms with Crippen LogP contribution in [0.2, 0.25) is 0 Å². The fourth-order valence-electron chi connectivity index (χ4n) is 2.29. The van der Waals surface area contributed by atoms with Gasteiger partial charge in [-0.15, -0.1) is 0 Å². The van der Waals surface area contributed by atoms with Crippen molar-refractivity contribution in [2.75, 3.05) is 19.6 Å². The highest BCUT2D eigenvalue weighted by atomic mass is 16.3. The van der Waals surface area contributed by atoms with Crippen molar-refractivity contribution in [3.8, 4) is 0 Å². The van der Waals surface area contributed by atoms with E-state index in [0.29, 0.717) is 13.0 Å². The molecule has 0 aliphatic carbocycles. The van der Waals surface area contributed by atoms with Gasteiger partial charge in [0.25, 0.3) is 0 Å². The molecule has 1 saturated heterocycles. The summed E-state index contributed by atoms with van der Waals surface area (Å²) in [5, 5.41) is 3.24. The van der Waals surface area contributed by atoms with Gasteiger partial charge < -0.3 is 14.6 Å². The van der Waals surface area contributed by atoms with Crippen LogP contribution in [0.4, 0.5) is 0 Å². The Hall–Kier alpha value is -1.29. The number of rotatable bonds is 5. The smallest absolute Gasteiger partial charge is 0.223 e. The van der Waals surface area contributed by atoms with Crippen LogP contribution in [-0.4, -0.2) is 30.4 Å². The first-order valence-electron chi connectivity index (χ1n) is 6.79. The quantitative estimate of drug-likeness (QED) is 0.814. The van der Waals surface area contributed by atoms with Crippen LogP contribution in [0.15, 0.2) is 16.5 Å². The van der Waals surface area contributed by atoms with Crippen LogP contribution in [0.1, 0.15) is 37.2 Å². The van der Waals surface area contributed by atoms with Crippen LogP contribution in [0.5, 0.6) is 0 Å². The number of amides is 1. The summed E-state index contributed by atoms with van der Waals surface area (Å²) in [4.78, 5) is 13.9. The predicted molar refractivity (Wildman–Crippen MR) is 70.2 cm³/mol. The summed E-state index contributed by atoms with van der Waals surface area (Å²) >= 11 is 0. The Bertz CT molecular complexity index is 381. The van der Waals surface area contributed by atoms with E-state index in [9.17, 15) is 4.79 Å². The summed E-state index contributed by atoms with van der Waals surface area (Å²) in [7, 11) is 0. The van der Waals surface area contributed by atoms with Crippen LogP contribution < -0.4 is 5.32 Å². The fraction of sp³-hybridized carbons (Fsp3) is 0.643. The molecule has 0 radical (unpaired) electrons. The molecule has 2 rings (SSSR count). The third-order valence-electron chi connectivity index (χ3n) is 3.32. The Morgan fingerprint density at radius 2 is 2.11 bits per heavy atom. The first-order chi connectivity index (χ1) is 8.75. The molecule has 1 aromatic heterocycles. The Morgan fingerprint density at radius 3 is 2.78 bits per heavy atom. The molecule has 0 unspecified atom stereocenters. The molecule has 0 aromatic carbocycles. The van der Waals surface area contributed by atoms with E-state index in [-0.39, 0.29) is 5.91 Å². The number of aryl methyl sites for hydroxylation is 1. The standard InChI is InChI=1S/C14H22N2O2/c1-12-5-6-13(18-12)11-15-8-7-14(17)16-9-3-2-4-10-16/h5-6,15H,2-4,7-11H2,1H3. The Balaban J connectivity index is 1.61. The van der Waals surface area contributed by atoms with E-state index in [1.165, 1.54) is 6.42 Å². The van der Waals surface area contributed by atoms with E-state index in [4.69, 9.17) is 4.42 Å². The van der Waals surface area contributed by atoms with Crippen molar-refractivity contribution in [2.45, 2.75) is 39.2 Å². The zero-order valence-electron chi connectivity index (χ0n) is 11.1. The topological polar surface area (TPSA) is 45.5 Å². The number of carbonyl (C=O) groups is 1. The number of hydrogen-bond acceptors (Lipinski definition) is 3. The maximum atomic E-state index is 11.9. The molecule has 0 bridgehead atoms. The van der Waals surface area contributed by atoms with Crippen LogP contribution in [0, 0.1) is 6.92 Å². The van der Waals surface area contributed by atoms with Crippen molar-refractivity contribution >= 4 is 5.91 Å². The lowest BCUT2D eigenvalue weighted by molar-refractivity contribution is -0.131. The lowest BCUT2D eigenvalue weighted by Crippen LogP contribution is -2.37. The lowest BCUT2D eigenvalue weighted by atomic mass is 10.1. The Labute approximate surface area is 108 Å². The maximum Gasteiger partial charge on any atom is 0.223 e. The summed E-state index contributed by atoms with van der Waals surface area (Å²) in [6, 6.07) is 3.92. The second-order valence-electron chi connectivity index (χ2n) is 4.88. The molecule has 2 heterocycles. The van der Waals surface area contributed by atoms with Crippen LogP contribution in [0.3, 0.4) is 0 Å². The highest BCUT2D eigenvalue weighted by Gasteiger charge is 2.15. The number of nitrogens with one attached hydrogen (secondary N) is 1. The number of piperidine rings is 1. The highest BCUT2D eigenvalue weighted by molar-refractivity contribution is 5.76. The number of hydrogen-bond donors (Lipinski definition) is 1. The summed E-state index contributed by atoms with van der Waals surface area (Å²) in [6.07, 6.45) is 4.16. The van der Waals surface area contributed by atoms with Gasteiger partial charge in [-0.05, 0) is 38.3 Å². The molecule has 100 valence electrons. The SMILES string of the molecule is Cc1ccc(CNCCC(=O)N2CCCCC2)o1. The summed E-state index contributed by atoms with van der Waals surface area (Å²) in [5.74, 6) is 2.13. The largest absolute Gasteiger partial charge is 0.465 e. The first-order valence-corrected chi connectivity index (χ1v) is 6.79.